The highest BCUT2D eigenvalue weighted by atomic mass is 35.5. The lowest BCUT2D eigenvalue weighted by Gasteiger charge is -2.11. The minimum Gasteiger partial charge on any atom is -0.455 e. The molecule has 0 saturated carbocycles. The number of carbonyl (C=O) groups is 1. The third-order valence-electron chi connectivity index (χ3n) is 4.59. The van der Waals surface area contributed by atoms with Gasteiger partial charge in [-0.25, -0.2) is 0 Å². The van der Waals surface area contributed by atoms with Crippen molar-refractivity contribution in [2.24, 2.45) is 0 Å². The van der Waals surface area contributed by atoms with Crippen molar-refractivity contribution in [2.45, 2.75) is 30.8 Å². The molecule has 0 aliphatic carbocycles. The quantitative estimate of drug-likeness (QED) is 0.643. The van der Waals surface area contributed by atoms with Crippen molar-refractivity contribution in [3.63, 3.8) is 0 Å². The molecule has 1 aromatic heterocycles. The average molecular weight is 394 g/mol. The van der Waals surface area contributed by atoms with Crippen molar-refractivity contribution in [1.82, 2.24) is 5.32 Å². The number of hydrogen-bond donors (Lipinski definition) is 2. The largest absolute Gasteiger partial charge is 0.455 e. The van der Waals surface area contributed by atoms with Gasteiger partial charge >= 0.3 is 0 Å². The summed E-state index contributed by atoms with van der Waals surface area (Å²) in [5, 5.41) is 3.71. The van der Waals surface area contributed by atoms with Crippen LogP contribution in [0.5, 0.6) is 0 Å². The molecule has 0 spiro atoms. The van der Waals surface area contributed by atoms with Crippen LogP contribution in [0.15, 0.2) is 40.8 Å². The van der Waals surface area contributed by atoms with Gasteiger partial charge in [0, 0.05) is 36.6 Å². The zero-order chi connectivity index (χ0) is 18.2. The number of furan rings is 1. The normalized spacial score (nSPS) is 14.7. The molecule has 1 aromatic carbocycles. The van der Waals surface area contributed by atoms with E-state index in [1.165, 1.54) is 31.5 Å². The van der Waals surface area contributed by atoms with Crippen molar-refractivity contribution in [1.29, 1.82) is 0 Å². The molecular formula is C20H26ClN2O2S+. The first-order chi connectivity index (χ1) is 12.7. The van der Waals surface area contributed by atoms with Crippen LogP contribution in [0, 0.1) is 0 Å². The van der Waals surface area contributed by atoms with Crippen LogP contribution >= 0.6 is 23.4 Å². The van der Waals surface area contributed by atoms with Crippen LogP contribution in [0.2, 0.25) is 5.02 Å². The number of halogens is 1. The molecule has 0 unspecified atom stereocenters. The Bertz CT molecular complexity index is 713. The van der Waals surface area contributed by atoms with Gasteiger partial charge < -0.3 is 14.6 Å². The fraction of sp³-hybridized carbons (Fsp3) is 0.450. The van der Waals surface area contributed by atoms with Crippen LogP contribution in [0.4, 0.5) is 0 Å². The van der Waals surface area contributed by atoms with Crippen LogP contribution < -0.4 is 10.2 Å². The van der Waals surface area contributed by atoms with E-state index >= 15 is 0 Å². The van der Waals surface area contributed by atoms with Crippen molar-refractivity contribution in [3.05, 3.63) is 58.5 Å². The molecule has 6 heteroatoms. The monoisotopic (exact) mass is 393 g/mol. The number of hydrogen-bond acceptors (Lipinski definition) is 3. The molecule has 1 saturated heterocycles. The molecule has 1 amide bonds. The zero-order valence-corrected chi connectivity index (χ0v) is 16.5. The highest BCUT2D eigenvalue weighted by molar-refractivity contribution is 7.97. The molecule has 140 valence electrons. The van der Waals surface area contributed by atoms with E-state index in [4.69, 9.17) is 16.0 Å². The molecule has 2 aromatic rings. The van der Waals surface area contributed by atoms with Gasteiger partial charge in [-0.05, 0) is 29.8 Å². The van der Waals surface area contributed by atoms with Gasteiger partial charge in [-0.15, -0.1) is 11.8 Å². The summed E-state index contributed by atoms with van der Waals surface area (Å²) in [6.45, 7) is 4.41. The van der Waals surface area contributed by atoms with Crippen LogP contribution in [-0.2, 0) is 11.5 Å². The van der Waals surface area contributed by atoms with Gasteiger partial charge in [0.1, 0.15) is 5.76 Å². The molecule has 2 N–H and O–H groups in total. The topological polar surface area (TPSA) is 46.7 Å². The van der Waals surface area contributed by atoms with Gasteiger partial charge in [0.05, 0.1) is 25.4 Å². The number of nitrogens with one attached hydrogen (secondary N) is 2. The van der Waals surface area contributed by atoms with Crippen molar-refractivity contribution in [3.8, 4) is 0 Å². The Hall–Kier alpha value is -1.43. The summed E-state index contributed by atoms with van der Waals surface area (Å²) >= 11 is 7.74. The fourth-order valence-electron chi connectivity index (χ4n) is 3.23. The predicted molar refractivity (Wildman–Crippen MR) is 107 cm³/mol. The average Bonchev–Trinajstić information content (AvgIpc) is 3.31. The second kappa shape index (κ2) is 10.0. The van der Waals surface area contributed by atoms with Crippen LogP contribution in [0.25, 0.3) is 0 Å². The second-order valence-electron chi connectivity index (χ2n) is 6.71. The maximum atomic E-state index is 12.2. The number of quaternary nitrogens is 1. The number of amides is 1. The number of rotatable bonds is 9. The Balaban J connectivity index is 1.35. The van der Waals surface area contributed by atoms with Crippen LogP contribution in [0.1, 0.15) is 41.1 Å². The lowest BCUT2D eigenvalue weighted by Crippen LogP contribution is -3.10. The molecule has 26 heavy (non-hydrogen) atoms. The van der Waals surface area contributed by atoms with E-state index in [0.29, 0.717) is 12.3 Å². The molecule has 2 heterocycles. The summed E-state index contributed by atoms with van der Waals surface area (Å²) in [4.78, 5) is 13.8. The third kappa shape index (κ3) is 6.08. The Kier molecular flexibility index (Phi) is 7.47. The molecule has 1 aliphatic rings. The molecule has 3 rings (SSSR count). The number of likely N-dealkylation sites (tertiary alicyclic amines) is 1. The van der Waals surface area contributed by atoms with Crippen molar-refractivity contribution >= 4 is 29.3 Å². The van der Waals surface area contributed by atoms with Gasteiger partial charge in [-0.3, -0.25) is 4.79 Å². The zero-order valence-electron chi connectivity index (χ0n) is 14.9. The molecule has 0 atom stereocenters. The SMILES string of the molecule is O=C(NCCC[NH+]1CCCC1)c1ccc(CSCc2cccc(Cl)c2)o1. The van der Waals surface area contributed by atoms with Gasteiger partial charge in [-0.2, -0.15) is 0 Å². The van der Waals surface area contributed by atoms with E-state index in [0.717, 1.165) is 35.3 Å². The van der Waals surface area contributed by atoms with E-state index < -0.39 is 0 Å². The van der Waals surface area contributed by atoms with Crippen molar-refractivity contribution in [2.75, 3.05) is 26.2 Å². The lowest BCUT2D eigenvalue weighted by molar-refractivity contribution is -0.887. The summed E-state index contributed by atoms with van der Waals surface area (Å²) in [6, 6.07) is 11.5. The molecule has 0 radical (unpaired) electrons. The molecule has 4 nitrogen and oxygen atoms in total. The summed E-state index contributed by atoms with van der Waals surface area (Å²) in [5.74, 6) is 2.70. The molecule has 1 aliphatic heterocycles. The number of carbonyl (C=O) groups excluding carboxylic acids is 1. The number of thioether (sulfide) groups is 1. The Morgan fingerprint density at radius 3 is 2.85 bits per heavy atom. The highest BCUT2D eigenvalue weighted by Gasteiger charge is 2.15. The first-order valence-electron chi connectivity index (χ1n) is 9.23. The first-order valence-corrected chi connectivity index (χ1v) is 10.8. The maximum absolute atomic E-state index is 12.2. The summed E-state index contributed by atoms with van der Waals surface area (Å²) < 4.78 is 5.67. The first kappa shape index (κ1) is 19.3. The third-order valence-corrected chi connectivity index (χ3v) is 5.85. The number of benzene rings is 1. The van der Waals surface area contributed by atoms with Crippen molar-refractivity contribution < 1.29 is 14.1 Å². The Morgan fingerprint density at radius 2 is 2.04 bits per heavy atom. The molecule has 0 bridgehead atoms. The van der Waals surface area contributed by atoms with E-state index in [1.807, 2.05) is 24.3 Å². The van der Waals surface area contributed by atoms with Crippen LogP contribution in [-0.4, -0.2) is 32.1 Å². The summed E-state index contributed by atoms with van der Waals surface area (Å²) in [6.07, 6.45) is 3.70. The van der Waals surface area contributed by atoms with Gasteiger partial charge in [0.2, 0.25) is 0 Å². The lowest BCUT2D eigenvalue weighted by atomic mass is 10.2. The van der Waals surface area contributed by atoms with Gasteiger partial charge in [0.25, 0.3) is 5.91 Å². The summed E-state index contributed by atoms with van der Waals surface area (Å²) in [5.41, 5.74) is 1.19. The molecular weight excluding hydrogens is 368 g/mol. The Morgan fingerprint density at radius 1 is 1.19 bits per heavy atom. The van der Waals surface area contributed by atoms with E-state index in [-0.39, 0.29) is 5.91 Å². The van der Waals surface area contributed by atoms with E-state index in [1.54, 1.807) is 22.7 Å². The second-order valence-corrected chi connectivity index (χ2v) is 8.13. The fourth-order valence-corrected chi connectivity index (χ4v) is 4.31. The predicted octanol–water partition coefficient (Wildman–Crippen LogP) is 3.17. The Labute approximate surface area is 164 Å². The van der Waals surface area contributed by atoms with Crippen LogP contribution in [0.3, 0.4) is 0 Å². The van der Waals surface area contributed by atoms with E-state index in [2.05, 4.69) is 11.4 Å². The minimum absolute atomic E-state index is 0.118. The van der Waals surface area contributed by atoms with Gasteiger partial charge in [0.15, 0.2) is 5.76 Å². The smallest absolute Gasteiger partial charge is 0.286 e. The maximum Gasteiger partial charge on any atom is 0.286 e. The van der Waals surface area contributed by atoms with Gasteiger partial charge in [-0.1, -0.05) is 23.7 Å². The minimum atomic E-state index is -0.118. The standard InChI is InChI=1S/C20H25ClN2O2S/c21-17-6-3-5-16(13-17)14-26-15-18-7-8-19(25-18)20(24)22-9-4-12-23-10-1-2-11-23/h3,5-8,13H,1-2,4,9-12,14-15H2,(H,22,24)/p+1. The highest BCUT2D eigenvalue weighted by Crippen LogP contribution is 2.21. The van der Waals surface area contributed by atoms with E-state index in [9.17, 15) is 4.79 Å². The molecule has 1 fully saturated rings. The summed E-state index contributed by atoms with van der Waals surface area (Å²) in [7, 11) is 0.